The van der Waals surface area contributed by atoms with Crippen molar-refractivity contribution >= 4 is 5.69 Å². The van der Waals surface area contributed by atoms with Gasteiger partial charge in [-0.15, -0.1) is 0 Å². The third kappa shape index (κ3) is 2.33. The zero-order valence-electron chi connectivity index (χ0n) is 6.92. The molecule has 1 rings (SSSR count). The lowest BCUT2D eigenvalue weighted by Crippen LogP contribution is -2.05. The number of nitro benzene ring substituents is 1. The van der Waals surface area contributed by atoms with Gasteiger partial charge in [-0.3, -0.25) is 10.1 Å². The van der Waals surface area contributed by atoms with Gasteiger partial charge >= 0.3 is 12.3 Å². The summed E-state index contributed by atoms with van der Waals surface area (Å²) in [6.45, 7) is -3.33. The van der Waals surface area contributed by atoms with Gasteiger partial charge in [-0.05, 0) is 6.07 Å². The number of nitro groups is 1. The van der Waals surface area contributed by atoms with Crippen molar-refractivity contribution < 1.29 is 27.2 Å². The van der Waals surface area contributed by atoms with E-state index < -0.39 is 34.6 Å². The van der Waals surface area contributed by atoms with E-state index in [1.165, 1.54) is 0 Å². The van der Waals surface area contributed by atoms with Crippen LogP contribution in [0.5, 0.6) is 5.75 Å². The SMILES string of the molecule is O=[N+]([O-])c1ccc(OC(F)F)c(F)c1F. The maximum atomic E-state index is 12.8. The van der Waals surface area contributed by atoms with Gasteiger partial charge in [0, 0.05) is 6.07 Å². The molecule has 0 spiro atoms. The van der Waals surface area contributed by atoms with Crippen molar-refractivity contribution in [3.63, 3.8) is 0 Å². The van der Waals surface area contributed by atoms with E-state index in [9.17, 15) is 27.7 Å². The molecule has 82 valence electrons. The van der Waals surface area contributed by atoms with Crippen LogP contribution >= 0.6 is 0 Å². The Labute approximate surface area is 80.2 Å². The first kappa shape index (κ1) is 11.2. The van der Waals surface area contributed by atoms with E-state index in [4.69, 9.17) is 0 Å². The van der Waals surface area contributed by atoms with Crippen LogP contribution in [-0.2, 0) is 0 Å². The second-order valence-electron chi connectivity index (χ2n) is 2.35. The summed E-state index contributed by atoms with van der Waals surface area (Å²) in [7, 11) is 0. The van der Waals surface area contributed by atoms with Gasteiger partial charge in [0.2, 0.25) is 11.6 Å². The van der Waals surface area contributed by atoms with Gasteiger partial charge in [0.1, 0.15) is 0 Å². The smallest absolute Gasteiger partial charge is 0.387 e. The number of hydrogen-bond donors (Lipinski definition) is 0. The summed E-state index contributed by atoms with van der Waals surface area (Å²) in [4.78, 5) is 8.94. The van der Waals surface area contributed by atoms with Crippen LogP contribution < -0.4 is 4.74 Å². The van der Waals surface area contributed by atoms with Crippen molar-refractivity contribution in [1.29, 1.82) is 0 Å². The average Bonchev–Trinajstić information content (AvgIpc) is 2.12. The van der Waals surface area contributed by atoms with Crippen molar-refractivity contribution in [1.82, 2.24) is 0 Å². The van der Waals surface area contributed by atoms with E-state index in [0.717, 1.165) is 0 Å². The molecule has 0 fully saturated rings. The number of ether oxygens (including phenoxy) is 1. The quantitative estimate of drug-likeness (QED) is 0.451. The molecule has 0 saturated carbocycles. The first-order valence-electron chi connectivity index (χ1n) is 3.50. The topological polar surface area (TPSA) is 52.4 Å². The molecule has 1 aromatic carbocycles. The lowest BCUT2D eigenvalue weighted by Gasteiger charge is -2.05. The summed E-state index contributed by atoms with van der Waals surface area (Å²) in [6.07, 6.45) is 0. The predicted octanol–water partition coefficient (Wildman–Crippen LogP) is 2.47. The minimum absolute atomic E-state index is 0.538. The van der Waals surface area contributed by atoms with Crippen LogP contribution in [0, 0.1) is 21.7 Å². The van der Waals surface area contributed by atoms with Crippen LogP contribution in [0.25, 0.3) is 0 Å². The van der Waals surface area contributed by atoms with Gasteiger partial charge < -0.3 is 4.74 Å². The first-order valence-corrected chi connectivity index (χ1v) is 3.50. The summed E-state index contributed by atoms with van der Waals surface area (Å²) in [5, 5.41) is 10.1. The molecule has 0 atom stereocenters. The van der Waals surface area contributed by atoms with Crippen molar-refractivity contribution in [2.24, 2.45) is 0 Å². The normalized spacial score (nSPS) is 10.5. The number of alkyl halides is 2. The maximum Gasteiger partial charge on any atom is 0.387 e. The maximum absolute atomic E-state index is 12.8. The number of nitrogens with zero attached hydrogens (tertiary/aromatic N) is 1. The number of halogens is 4. The van der Waals surface area contributed by atoms with Crippen LogP contribution in [0.2, 0.25) is 0 Å². The molecular weight excluding hydrogens is 222 g/mol. The summed E-state index contributed by atoms with van der Waals surface area (Å²) < 4.78 is 52.5. The van der Waals surface area contributed by atoms with E-state index in [1.807, 2.05) is 0 Å². The average molecular weight is 225 g/mol. The Hall–Kier alpha value is -1.86. The summed E-state index contributed by atoms with van der Waals surface area (Å²) in [5.74, 6) is -4.73. The minimum Gasteiger partial charge on any atom is -0.432 e. The second-order valence-corrected chi connectivity index (χ2v) is 2.35. The van der Waals surface area contributed by atoms with Crippen LogP contribution in [0.15, 0.2) is 12.1 Å². The minimum atomic E-state index is -3.33. The van der Waals surface area contributed by atoms with Crippen LogP contribution in [-0.4, -0.2) is 11.5 Å². The highest BCUT2D eigenvalue weighted by Gasteiger charge is 2.23. The van der Waals surface area contributed by atoms with Gasteiger partial charge in [-0.1, -0.05) is 0 Å². The van der Waals surface area contributed by atoms with Gasteiger partial charge in [-0.2, -0.15) is 17.6 Å². The standard InChI is InChI=1S/C7H3F4NO3/c8-5-3(12(13)14)1-2-4(6(5)9)15-7(10)11/h1-2,7H. The second kappa shape index (κ2) is 4.11. The molecule has 0 heterocycles. The van der Waals surface area contributed by atoms with E-state index >= 15 is 0 Å². The Morgan fingerprint density at radius 3 is 2.33 bits per heavy atom. The summed E-state index contributed by atoms with van der Waals surface area (Å²) >= 11 is 0. The highest BCUT2D eigenvalue weighted by atomic mass is 19.3. The summed E-state index contributed by atoms with van der Waals surface area (Å²) in [6, 6.07) is 1.10. The Morgan fingerprint density at radius 1 is 1.27 bits per heavy atom. The lowest BCUT2D eigenvalue weighted by molar-refractivity contribution is -0.387. The third-order valence-corrected chi connectivity index (χ3v) is 1.44. The molecule has 0 bridgehead atoms. The Bertz CT molecular complexity index is 396. The van der Waals surface area contributed by atoms with Crippen molar-refractivity contribution in [3.05, 3.63) is 33.9 Å². The fourth-order valence-corrected chi connectivity index (χ4v) is 0.850. The van der Waals surface area contributed by atoms with Gasteiger partial charge in [0.25, 0.3) is 0 Å². The monoisotopic (exact) mass is 225 g/mol. The fourth-order valence-electron chi connectivity index (χ4n) is 0.850. The first-order chi connectivity index (χ1) is 6.93. The number of benzene rings is 1. The molecule has 4 nitrogen and oxygen atoms in total. The molecule has 0 radical (unpaired) electrons. The molecule has 0 aliphatic carbocycles. The molecule has 0 saturated heterocycles. The van der Waals surface area contributed by atoms with Gasteiger partial charge in [0.05, 0.1) is 4.92 Å². The molecule has 15 heavy (non-hydrogen) atoms. The van der Waals surface area contributed by atoms with Gasteiger partial charge in [-0.25, -0.2) is 0 Å². The highest BCUT2D eigenvalue weighted by Crippen LogP contribution is 2.28. The number of rotatable bonds is 3. The third-order valence-electron chi connectivity index (χ3n) is 1.44. The van der Waals surface area contributed by atoms with E-state index in [-0.39, 0.29) is 0 Å². The largest absolute Gasteiger partial charge is 0.432 e. The fraction of sp³-hybridized carbons (Fsp3) is 0.143. The van der Waals surface area contributed by atoms with E-state index in [2.05, 4.69) is 4.74 Å². The molecule has 0 aliphatic heterocycles. The Morgan fingerprint density at radius 2 is 1.87 bits per heavy atom. The predicted molar refractivity (Wildman–Crippen MR) is 39.6 cm³/mol. The van der Waals surface area contributed by atoms with Crippen LogP contribution in [0.3, 0.4) is 0 Å². The molecule has 0 aromatic heterocycles. The van der Waals surface area contributed by atoms with E-state index in [0.29, 0.717) is 12.1 Å². The highest BCUT2D eigenvalue weighted by molar-refractivity contribution is 5.39. The van der Waals surface area contributed by atoms with Crippen molar-refractivity contribution in [2.75, 3.05) is 0 Å². The van der Waals surface area contributed by atoms with Crippen molar-refractivity contribution in [2.45, 2.75) is 6.61 Å². The Balaban J connectivity index is 3.15. The molecule has 0 aliphatic rings. The van der Waals surface area contributed by atoms with E-state index in [1.54, 1.807) is 0 Å². The van der Waals surface area contributed by atoms with Crippen LogP contribution in [0.4, 0.5) is 23.2 Å². The summed E-state index contributed by atoms with van der Waals surface area (Å²) in [5.41, 5.74) is -1.14. The molecule has 0 amide bonds. The zero-order valence-corrected chi connectivity index (χ0v) is 6.92. The molecule has 1 aromatic rings. The molecule has 0 N–H and O–H groups in total. The molecule has 0 unspecified atom stereocenters. The van der Waals surface area contributed by atoms with Gasteiger partial charge in [0.15, 0.2) is 5.75 Å². The zero-order chi connectivity index (χ0) is 11.6. The Kier molecular flexibility index (Phi) is 3.08. The number of hydrogen-bond acceptors (Lipinski definition) is 3. The molecule has 8 heteroatoms. The van der Waals surface area contributed by atoms with Crippen LogP contribution in [0.1, 0.15) is 0 Å². The molecular formula is C7H3F4NO3. The van der Waals surface area contributed by atoms with Crippen molar-refractivity contribution in [3.8, 4) is 5.75 Å². The lowest BCUT2D eigenvalue weighted by atomic mass is 10.3.